The molecular weight excluding hydrogens is 200 g/mol. The lowest BCUT2D eigenvalue weighted by Gasteiger charge is -2.22. The summed E-state index contributed by atoms with van der Waals surface area (Å²) >= 11 is 0. The fraction of sp³-hybridized carbons (Fsp3) is 0.462. The molecule has 3 heteroatoms. The van der Waals surface area contributed by atoms with Crippen molar-refractivity contribution in [3.8, 4) is 0 Å². The van der Waals surface area contributed by atoms with Crippen LogP contribution in [0, 0.1) is 0 Å². The van der Waals surface area contributed by atoms with Crippen molar-refractivity contribution in [3.05, 3.63) is 29.8 Å². The zero-order valence-electron chi connectivity index (χ0n) is 9.86. The molecule has 0 aromatic heterocycles. The predicted octanol–water partition coefficient (Wildman–Crippen LogP) is 1.57. The average Bonchev–Trinajstić information content (AvgIpc) is 2.56. The number of hydrogen-bond donors (Lipinski definition) is 1. The number of carbonyl (C=O) groups excluding carboxylic acids is 1. The van der Waals surface area contributed by atoms with Gasteiger partial charge in [-0.1, -0.05) is 25.1 Å². The number of likely N-dealkylation sites (N-methyl/N-ethyl adjacent to an activating group) is 1. The third-order valence-electron chi connectivity index (χ3n) is 2.93. The van der Waals surface area contributed by atoms with Crippen LogP contribution in [-0.4, -0.2) is 25.0 Å². The third-order valence-corrected chi connectivity index (χ3v) is 2.93. The van der Waals surface area contributed by atoms with Crippen molar-refractivity contribution in [1.29, 1.82) is 0 Å². The second kappa shape index (κ2) is 4.66. The first-order chi connectivity index (χ1) is 7.72. The van der Waals surface area contributed by atoms with Crippen LogP contribution in [0.5, 0.6) is 0 Å². The maximum atomic E-state index is 11.9. The van der Waals surface area contributed by atoms with E-state index in [0.717, 1.165) is 24.3 Å². The summed E-state index contributed by atoms with van der Waals surface area (Å²) in [6.45, 7) is 5.88. The molecule has 0 fully saturated rings. The highest BCUT2D eigenvalue weighted by Gasteiger charge is 2.27. The Morgan fingerprint density at radius 3 is 2.94 bits per heavy atom. The second-order valence-corrected chi connectivity index (χ2v) is 4.27. The lowest BCUT2D eigenvalue weighted by Crippen LogP contribution is -2.40. The van der Waals surface area contributed by atoms with Gasteiger partial charge in [0.25, 0.3) is 0 Å². The van der Waals surface area contributed by atoms with Crippen molar-refractivity contribution < 1.29 is 4.79 Å². The summed E-state index contributed by atoms with van der Waals surface area (Å²) in [5.74, 6) is 0.214. The first kappa shape index (κ1) is 11.1. The SMILES string of the molecule is CCNC(C)CN1C(=O)Cc2ccccc21. The Bertz CT molecular complexity index is 389. The summed E-state index contributed by atoms with van der Waals surface area (Å²) in [6, 6.07) is 8.37. The first-order valence-electron chi connectivity index (χ1n) is 5.84. The standard InChI is InChI=1S/C13H18N2O/c1-3-14-10(2)9-15-12-7-5-4-6-11(12)8-13(15)16/h4-7,10,14H,3,8-9H2,1-2H3. The molecule has 1 aliphatic heterocycles. The second-order valence-electron chi connectivity index (χ2n) is 4.27. The molecule has 16 heavy (non-hydrogen) atoms. The number of nitrogens with zero attached hydrogens (tertiary/aromatic N) is 1. The van der Waals surface area contributed by atoms with Gasteiger partial charge in [-0.05, 0) is 25.1 Å². The molecule has 1 aliphatic rings. The highest BCUT2D eigenvalue weighted by Crippen LogP contribution is 2.28. The quantitative estimate of drug-likeness (QED) is 0.832. The first-order valence-corrected chi connectivity index (χ1v) is 5.84. The van der Waals surface area contributed by atoms with Gasteiger partial charge < -0.3 is 10.2 Å². The topological polar surface area (TPSA) is 32.3 Å². The number of carbonyl (C=O) groups is 1. The van der Waals surface area contributed by atoms with E-state index in [1.54, 1.807) is 0 Å². The van der Waals surface area contributed by atoms with Gasteiger partial charge in [0, 0.05) is 18.3 Å². The van der Waals surface area contributed by atoms with E-state index in [1.165, 1.54) is 0 Å². The molecule has 1 aromatic rings. The van der Waals surface area contributed by atoms with E-state index < -0.39 is 0 Å². The Labute approximate surface area is 96.5 Å². The number of anilines is 1. The van der Waals surface area contributed by atoms with E-state index in [-0.39, 0.29) is 5.91 Å². The number of para-hydroxylation sites is 1. The molecule has 0 saturated heterocycles. The van der Waals surface area contributed by atoms with Gasteiger partial charge in [0.15, 0.2) is 0 Å². The smallest absolute Gasteiger partial charge is 0.231 e. The van der Waals surface area contributed by atoms with E-state index in [9.17, 15) is 4.79 Å². The van der Waals surface area contributed by atoms with E-state index in [4.69, 9.17) is 0 Å². The van der Waals surface area contributed by atoms with Crippen molar-refractivity contribution in [1.82, 2.24) is 5.32 Å². The summed E-state index contributed by atoms with van der Waals surface area (Å²) in [6.07, 6.45) is 0.551. The van der Waals surface area contributed by atoms with Gasteiger partial charge in [-0.3, -0.25) is 4.79 Å². The number of nitrogens with one attached hydrogen (secondary N) is 1. The third kappa shape index (κ3) is 2.09. The van der Waals surface area contributed by atoms with Crippen LogP contribution in [0.2, 0.25) is 0 Å². The molecule has 3 nitrogen and oxygen atoms in total. The number of fused-ring (bicyclic) bond motifs is 1. The monoisotopic (exact) mass is 218 g/mol. The summed E-state index contributed by atoms with van der Waals surface area (Å²) in [7, 11) is 0. The molecule has 1 N–H and O–H groups in total. The molecule has 1 heterocycles. The van der Waals surface area contributed by atoms with Crippen molar-refractivity contribution in [2.24, 2.45) is 0 Å². The summed E-state index contributed by atoms with van der Waals surface area (Å²) in [5.41, 5.74) is 2.23. The van der Waals surface area contributed by atoms with Gasteiger partial charge in [-0.15, -0.1) is 0 Å². The normalized spacial score (nSPS) is 16.4. The Morgan fingerprint density at radius 1 is 1.44 bits per heavy atom. The van der Waals surface area contributed by atoms with E-state index >= 15 is 0 Å². The molecule has 1 amide bonds. The van der Waals surface area contributed by atoms with Crippen molar-refractivity contribution in [2.75, 3.05) is 18.0 Å². The molecule has 1 unspecified atom stereocenters. The zero-order chi connectivity index (χ0) is 11.5. The summed E-state index contributed by atoms with van der Waals surface area (Å²) in [4.78, 5) is 13.8. The van der Waals surface area contributed by atoms with Gasteiger partial charge in [0.1, 0.15) is 0 Å². The molecular formula is C13H18N2O. The van der Waals surface area contributed by atoms with Gasteiger partial charge >= 0.3 is 0 Å². The highest BCUT2D eigenvalue weighted by molar-refractivity contribution is 6.01. The largest absolute Gasteiger partial charge is 0.313 e. The lowest BCUT2D eigenvalue weighted by molar-refractivity contribution is -0.117. The minimum absolute atomic E-state index is 0.214. The fourth-order valence-electron chi connectivity index (χ4n) is 2.20. The number of benzene rings is 1. The Balaban J connectivity index is 2.13. The molecule has 2 rings (SSSR count). The van der Waals surface area contributed by atoms with Crippen molar-refractivity contribution in [2.45, 2.75) is 26.3 Å². The van der Waals surface area contributed by atoms with Crippen LogP contribution in [0.4, 0.5) is 5.69 Å². The lowest BCUT2D eigenvalue weighted by atomic mass is 10.2. The molecule has 0 spiro atoms. The zero-order valence-corrected chi connectivity index (χ0v) is 9.86. The number of amides is 1. The summed E-state index contributed by atoms with van der Waals surface area (Å²) in [5, 5.41) is 3.33. The molecule has 1 aromatic carbocycles. The Kier molecular flexibility index (Phi) is 3.25. The van der Waals surface area contributed by atoms with Crippen LogP contribution in [0.15, 0.2) is 24.3 Å². The predicted molar refractivity (Wildman–Crippen MR) is 65.6 cm³/mol. The van der Waals surface area contributed by atoms with Crippen LogP contribution in [-0.2, 0) is 11.2 Å². The number of hydrogen-bond acceptors (Lipinski definition) is 2. The van der Waals surface area contributed by atoms with Gasteiger partial charge in [-0.2, -0.15) is 0 Å². The average molecular weight is 218 g/mol. The van der Waals surface area contributed by atoms with E-state index in [0.29, 0.717) is 12.5 Å². The molecule has 86 valence electrons. The van der Waals surface area contributed by atoms with Crippen LogP contribution < -0.4 is 10.2 Å². The fourth-order valence-corrected chi connectivity index (χ4v) is 2.20. The number of rotatable bonds is 4. The van der Waals surface area contributed by atoms with Crippen LogP contribution in [0.25, 0.3) is 0 Å². The minimum atomic E-state index is 0.214. The molecule has 1 atom stereocenters. The van der Waals surface area contributed by atoms with Gasteiger partial charge in [0.05, 0.1) is 6.42 Å². The molecule has 0 radical (unpaired) electrons. The van der Waals surface area contributed by atoms with Crippen molar-refractivity contribution in [3.63, 3.8) is 0 Å². The van der Waals surface area contributed by atoms with Gasteiger partial charge in [-0.25, -0.2) is 0 Å². The Hall–Kier alpha value is -1.35. The summed E-state index contributed by atoms with van der Waals surface area (Å²) < 4.78 is 0. The molecule has 0 bridgehead atoms. The highest BCUT2D eigenvalue weighted by atomic mass is 16.2. The van der Waals surface area contributed by atoms with E-state index in [2.05, 4.69) is 19.2 Å². The van der Waals surface area contributed by atoms with Gasteiger partial charge in [0.2, 0.25) is 5.91 Å². The van der Waals surface area contributed by atoms with Crippen LogP contribution in [0.3, 0.4) is 0 Å². The van der Waals surface area contributed by atoms with Crippen molar-refractivity contribution >= 4 is 11.6 Å². The van der Waals surface area contributed by atoms with Crippen LogP contribution >= 0.6 is 0 Å². The maximum absolute atomic E-state index is 11.9. The minimum Gasteiger partial charge on any atom is -0.313 e. The van der Waals surface area contributed by atoms with E-state index in [1.807, 2.05) is 29.2 Å². The molecule has 0 aliphatic carbocycles. The van der Waals surface area contributed by atoms with Crippen LogP contribution in [0.1, 0.15) is 19.4 Å². The Morgan fingerprint density at radius 2 is 2.19 bits per heavy atom. The maximum Gasteiger partial charge on any atom is 0.231 e. The molecule has 0 saturated carbocycles.